The van der Waals surface area contributed by atoms with Crippen LogP contribution in [0.1, 0.15) is 47.9 Å². The van der Waals surface area contributed by atoms with Crippen LogP contribution in [0.5, 0.6) is 11.5 Å². The number of ether oxygens (including phenoxy) is 2. The second-order valence-electron chi connectivity index (χ2n) is 19.8. The number of likely N-dealkylation sites (N-methyl/N-ethyl adjacent to an activating group) is 5. The number of carboxylic acid groups (broad SMARTS) is 1. The molecule has 77 heavy (non-hydrogen) atoms. The molecule has 1 amide bonds. The molecule has 0 spiro atoms. The van der Waals surface area contributed by atoms with Crippen molar-refractivity contribution in [3.05, 3.63) is 95.6 Å². The fourth-order valence-corrected chi connectivity index (χ4v) is 12.6. The molecule has 6 rings (SSSR count). The van der Waals surface area contributed by atoms with Crippen LogP contribution in [-0.2, 0) is 29.6 Å². The van der Waals surface area contributed by atoms with Crippen molar-refractivity contribution in [2.24, 2.45) is 11.8 Å². The lowest BCUT2D eigenvalue weighted by atomic mass is 9.96. The van der Waals surface area contributed by atoms with Crippen LogP contribution in [0.25, 0.3) is 0 Å². The van der Waals surface area contributed by atoms with E-state index in [1.54, 1.807) is 78.1 Å². The zero-order chi connectivity index (χ0) is 55.5. The van der Waals surface area contributed by atoms with Crippen molar-refractivity contribution in [2.45, 2.75) is 63.2 Å². The molecule has 432 valence electrons. The van der Waals surface area contributed by atoms with Gasteiger partial charge >= 0.3 is 5.97 Å². The van der Waals surface area contributed by atoms with E-state index in [1.165, 1.54) is 60.1 Å². The molecule has 4 heterocycles. The summed E-state index contributed by atoms with van der Waals surface area (Å²) < 4.78 is 65.0. The quantitative estimate of drug-likeness (QED) is 0.0935. The Kier molecular flexibility index (Phi) is 29.2. The minimum absolute atomic E-state index is 0. The van der Waals surface area contributed by atoms with E-state index in [-0.39, 0.29) is 61.8 Å². The molecule has 0 saturated carbocycles. The minimum atomic E-state index is -3.66. The molecular weight excluding hydrogens is 1070 g/mol. The van der Waals surface area contributed by atoms with Crippen LogP contribution < -0.4 is 24.6 Å². The molecule has 4 aromatic rings. The Bertz CT molecular complexity index is 2600. The summed E-state index contributed by atoms with van der Waals surface area (Å²) in [6.07, 6.45) is 12.1. The van der Waals surface area contributed by atoms with E-state index in [1.807, 2.05) is 67.9 Å². The number of benzene rings is 2. The molecule has 0 radical (unpaired) electrons. The summed E-state index contributed by atoms with van der Waals surface area (Å²) in [7, 11) is 6.25. The largest absolute Gasteiger partial charge is 0.497 e. The number of rotatable bonds is 22. The summed E-state index contributed by atoms with van der Waals surface area (Å²) >= 11 is 0. The molecule has 0 aliphatic carbocycles. The van der Waals surface area contributed by atoms with Crippen LogP contribution in [0, 0.1) is 39.5 Å². The van der Waals surface area contributed by atoms with Crippen molar-refractivity contribution in [1.29, 1.82) is 0 Å². The van der Waals surface area contributed by atoms with E-state index in [2.05, 4.69) is 37.2 Å². The number of amides is 1. The van der Waals surface area contributed by atoms with Crippen LogP contribution in [0.15, 0.2) is 83.1 Å². The Balaban J connectivity index is 0.000000431. The van der Waals surface area contributed by atoms with Crippen LogP contribution in [-0.4, -0.2) is 202 Å². The molecule has 0 atom stereocenters. The number of piperidine rings is 2. The van der Waals surface area contributed by atoms with Gasteiger partial charge in [0, 0.05) is 116 Å². The predicted molar refractivity (Wildman–Crippen MR) is 312 cm³/mol. The first kappa shape index (κ1) is 68.3. The molecule has 2 saturated heterocycles. The molecule has 2 aromatic heterocycles. The Morgan fingerprint density at radius 1 is 0.610 bits per heavy atom. The molecule has 0 unspecified atom stereocenters. The van der Waals surface area contributed by atoms with E-state index in [0.717, 1.165) is 44.9 Å². The summed E-state index contributed by atoms with van der Waals surface area (Å²) in [5, 5.41) is 12.0. The van der Waals surface area contributed by atoms with Gasteiger partial charge in [-0.2, -0.15) is 8.61 Å². The molecule has 2 aliphatic heterocycles. The second kappa shape index (κ2) is 32.9. The van der Waals surface area contributed by atoms with Crippen molar-refractivity contribution >= 4 is 68.1 Å². The highest BCUT2D eigenvalue weighted by molar-refractivity contribution is 7.89. The third-order valence-electron chi connectivity index (χ3n) is 13.8. The van der Waals surface area contributed by atoms with Crippen LogP contribution >= 0.6 is 24.8 Å². The second-order valence-corrected chi connectivity index (χ2v) is 23.8. The Morgan fingerprint density at radius 3 is 1.30 bits per heavy atom. The van der Waals surface area contributed by atoms with E-state index >= 15 is 0 Å². The van der Waals surface area contributed by atoms with Crippen LogP contribution in [0.2, 0.25) is 0 Å². The predicted octanol–water partition coefficient (Wildman–Crippen LogP) is 5.94. The van der Waals surface area contributed by atoms with Crippen molar-refractivity contribution in [1.82, 2.24) is 38.6 Å². The molecule has 2 N–H and O–H groups in total. The van der Waals surface area contributed by atoms with Gasteiger partial charge in [0.1, 0.15) is 11.5 Å². The van der Waals surface area contributed by atoms with Crippen molar-refractivity contribution in [2.75, 3.05) is 145 Å². The Labute approximate surface area is 472 Å². The fourth-order valence-electron chi connectivity index (χ4n) is 9.44. The summed E-state index contributed by atoms with van der Waals surface area (Å²) in [5.74, 6) is 1.69. The highest BCUT2D eigenvalue weighted by Crippen LogP contribution is 2.30. The zero-order valence-electron chi connectivity index (χ0n) is 47.3. The number of aromatic nitrogens is 2. The first-order valence-electron chi connectivity index (χ1n) is 25.5. The number of carbonyl (C=O) groups excluding carboxylic acids is 1. The monoisotopic (exact) mass is 1150 g/mol. The minimum Gasteiger partial charge on any atom is -0.497 e. The number of hydrogen-bond acceptors (Lipinski definition) is 15. The molecule has 2 aromatic carbocycles. The molecule has 2 aliphatic rings. The summed E-state index contributed by atoms with van der Waals surface area (Å²) in [5.41, 5.74) is 5.05. The first-order valence-corrected chi connectivity index (χ1v) is 28.4. The molecule has 23 heteroatoms. The maximum absolute atomic E-state index is 13.2. The van der Waals surface area contributed by atoms with Crippen molar-refractivity contribution < 1.29 is 41.0 Å². The lowest BCUT2D eigenvalue weighted by Gasteiger charge is -2.35. The van der Waals surface area contributed by atoms with Gasteiger partial charge in [0.2, 0.25) is 26.0 Å². The van der Waals surface area contributed by atoms with Crippen LogP contribution in [0.3, 0.4) is 0 Å². The van der Waals surface area contributed by atoms with E-state index in [4.69, 9.17) is 14.6 Å². The highest BCUT2D eigenvalue weighted by Gasteiger charge is 2.28. The Hall–Kier alpha value is -4.84. The lowest BCUT2D eigenvalue weighted by molar-refractivity contribution is -0.138. The van der Waals surface area contributed by atoms with Gasteiger partial charge < -0.3 is 34.6 Å². The van der Waals surface area contributed by atoms with Gasteiger partial charge in [0.05, 0.1) is 37.1 Å². The fraction of sp³-hybridized carbons (Fsp3) is 0.556. The van der Waals surface area contributed by atoms with Crippen molar-refractivity contribution in [3.8, 4) is 11.5 Å². The lowest BCUT2D eigenvalue weighted by Crippen LogP contribution is -2.43. The number of aliphatic carboxylic acids is 1. The van der Waals surface area contributed by atoms with Crippen LogP contribution in [0.4, 0.5) is 11.4 Å². The van der Waals surface area contributed by atoms with Crippen molar-refractivity contribution in [3.63, 3.8) is 0 Å². The number of nitrogens with zero attached hydrogens (tertiary/aromatic N) is 9. The third kappa shape index (κ3) is 20.7. The van der Waals surface area contributed by atoms with Gasteiger partial charge in [0.25, 0.3) is 0 Å². The SMILES string of the molecule is CNCC1CCN(c2ccncc2)CC1.COc1cc(C)c(S(=O)(=O)N(C)CCN(C)CC(=O)N(C)CC2CCN(c3ccncc3)CC2)c(C)c1.COc1cc(C)c(S(=O)(=O)N(C)CCN(C)CC(=O)O)c(C)c1.Cl.Cl. The first-order chi connectivity index (χ1) is 35.5. The zero-order valence-corrected chi connectivity index (χ0v) is 50.5. The average molecular weight is 1150 g/mol. The number of sulfonamides is 2. The number of carboxylic acids is 1. The normalized spacial score (nSPS) is 14.2. The summed E-state index contributed by atoms with van der Waals surface area (Å²) in [4.78, 5) is 42.3. The van der Waals surface area contributed by atoms with Gasteiger partial charge in [-0.3, -0.25) is 29.4 Å². The maximum atomic E-state index is 13.2. The van der Waals surface area contributed by atoms with Gasteiger partial charge in [-0.05, 0) is 164 Å². The number of pyridine rings is 2. The molecular formula is C54H86Cl2N10O9S2. The number of anilines is 2. The van der Waals surface area contributed by atoms with Gasteiger partial charge in [-0.15, -0.1) is 24.8 Å². The number of halogens is 2. The topological polar surface area (TPSA) is 202 Å². The number of aryl methyl sites for hydroxylation is 4. The molecule has 19 nitrogen and oxygen atoms in total. The molecule has 2 fully saturated rings. The highest BCUT2D eigenvalue weighted by atomic mass is 35.5. The number of nitrogens with one attached hydrogen (secondary N) is 1. The Morgan fingerprint density at radius 2 is 0.961 bits per heavy atom. The third-order valence-corrected chi connectivity index (χ3v) is 18.1. The van der Waals surface area contributed by atoms with E-state index in [9.17, 15) is 26.4 Å². The summed E-state index contributed by atoms with van der Waals surface area (Å²) in [6, 6.07) is 15.1. The van der Waals surface area contributed by atoms with Gasteiger partial charge in [0.15, 0.2) is 0 Å². The smallest absolute Gasteiger partial charge is 0.317 e. The molecule has 0 bridgehead atoms. The maximum Gasteiger partial charge on any atom is 0.317 e. The average Bonchev–Trinajstić information content (AvgIpc) is 3.37. The number of carbonyl (C=O) groups is 2. The van der Waals surface area contributed by atoms with E-state index in [0.29, 0.717) is 57.7 Å². The van der Waals surface area contributed by atoms with Gasteiger partial charge in [-0.25, -0.2) is 16.8 Å². The summed E-state index contributed by atoms with van der Waals surface area (Å²) in [6.45, 7) is 14.6. The standard InChI is InChI=1S/C27H41N5O4S.C15H24N2O5S.C12H19N3.2ClH/c1-21-17-25(36-6)18-22(2)27(21)37(34,35)31(5)16-15-29(3)20-26(33)30(4)19-23-9-13-32(14-10-23)24-7-11-28-12-8-24;1-11-8-13(22-5)9-12(2)15(11)23(20,21)17(4)7-6-16(3)10-14(18)19;1-13-10-11-4-8-15(9-5-11)12-2-6-14-7-3-12;;/h7-8,11-12,17-18,23H,9-10,13-16,19-20H2,1-6H3;8-9H,6-7,10H2,1-5H3,(H,18,19);2-3,6-7,11,13H,4-5,8-10H2,1H3;2*1H. The van der Waals surface area contributed by atoms with Gasteiger partial charge in [-0.1, -0.05) is 0 Å². The van der Waals surface area contributed by atoms with E-state index < -0.39 is 26.0 Å². The number of hydrogen-bond donors (Lipinski definition) is 2. The number of methoxy groups -OCH3 is 2.